The maximum atomic E-state index is 6.41. The SMILES string of the molecule is C[Si](C)O[Si](C)(C)O[Si](C)(C)CCCO[Si](C)(C)C. The molecule has 0 aliphatic heterocycles. The lowest BCUT2D eigenvalue weighted by molar-refractivity contribution is 0.307. The smallest absolute Gasteiger partial charge is 0.311 e. The van der Waals surface area contributed by atoms with E-state index in [2.05, 4.69) is 58.9 Å². The van der Waals surface area contributed by atoms with E-state index in [0.29, 0.717) is 0 Å². The normalized spacial score (nSPS) is 14.2. The molecule has 19 heavy (non-hydrogen) atoms. The van der Waals surface area contributed by atoms with Gasteiger partial charge in [0.15, 0.2) is 25.7 Å². The van der Waals surface area contributed by atoms with Gasteiger partial charge >= 0.3 is 8.56 Å². The maximum absolute atomic E-state index is 6.41. The average Bonchev–Trinajstić information content (AvgIpc) is 2.06. The molecule has 0 saturated carbocycles. The van der Waals surface area contributed by atoms with Crippen molar-refractivity contribution in [3.8, 4) is 0 Å². The van der Waals surface area contributed by atoms with Crippen LogP contribution in [-0.4, -0.2) is 40.8 Å². The Morgan fingerprint density at radius 2 is 1.42 bits per heavy atom. The molecular weight excluding hydrogens is 304 g/mol. The fourth-order valence-corrected chi connectivity index (χ4v) is 14.1. The van der Waals surface area contributed by atoms with Crippen molar-refractivity contribution in [3.05, 3.63) is 0 Å². The van der Waals surface area contributed by atoms with Gasteiger partial charge in [0.05, 0.1) is 0 Å². The first-order chi connectivity index (χ1) is 8.33. The summed E-state index contributed by atoms with van der Waals surface area (Å²) in [5.74, 6) is 0. The Kier molecular flexibility index (Phi) is 7.97. The van der Waals surface area contributed by atoms with Crippen LogP contribution in [0, 0.1) is 0 Å². The zero-order valence-electron chi connectivity index (χ0n) is 14.3. The molecule has 0 aliphatic carbocycles. The highest BCUT2D eigenvalue weighted by Gasteiger charge is 2.35. The lowest BCUT2D eigenvalue weighted by atomic mass is 10.5. The zero-order valence-corrected chi connectivity index (χ0v) is 18.3. The molecule has 0 aromatic rings. The lowest BCUT2D eigenvalue weighted by Crippen LogP contribution is -2.48. The molecule has 0 aromatic heterocycles. The summed E-state index contributed by atoms with van der Waals surface area (Å²) < 4.78 is 18.4. The molecule has 7 heteroatoms. The summed E-state index contributed by atoms with van der Waals surface area (Å²) >= 11 is 0. The highest BCUT2D eigenvalue weighted by Crippen LogP contribution is 2.21. The van der Waals surface area contributed by atoms with E-state index in [1.54, 1.807) is 0 Å². The van der Waals surface area contributed by atoms with Crippen molar-refractivity contribution < 1.29 is 12.7 Å². The van der Waals surface area contributed by atoms with Crippen LogP contribution in [-0.2, 0) is 12.7 Å². The highest BCUT2D eigenvalue weighted by molar-refractivity contribution is 6.84. The number of rotatable bonds is 9. The molecule has 0 amide bonds. The van der Waals surface area contributed by atoms with Gasteiger partial charge in [-0.2, -0.15) is 0 Å². The molecule has 115 valence electrons. The first kappa shape index (κ1) is 19.7. The van der Waals surface area contributed by atoms with E-state index in [0.717, 1.165) is 19.1 Å². The molecule has 0 saturated heterocycles. The van der Waals surface area contributed by atoms with Gasteiger partial charge in [-0.05, 0) is 71.4 Å². The van der Waals surface area contributed by atoms with Gasteiger partial charge in [0.2, 0.25) is 0 Å². The Balaban J connectivity index is 4.10. The van der Waals surface area contributed by atoms with E-state index in [-0.39, 0.29) is 0 Å². The second-order valence-electron chi connectivity index (χ2n) is 7.34. The fraction of sp³-hybridized carbons (Fsp3) is 1.00. The summed E-state index contributed by atoms with van der Waals surface area (Å²) in [6, 6.07) is 1.16. The van der Waals surface area contributed by atoms with Gasteiger partial charge in [-0.15, -0.1) is 0 Å². The Morgan fingerprint density at radius 1 is 0.895 bits per heavy atom. The van der Waals surface area contributed by atoms with Gasteiger partial charge in [-0.3, -0.25) is 0 Å². The molecule has 0 aliphatic rings. The highest BCUT2D eigenvalue weighted by atomic mass is 28.5. The summed E-state index contributed by atoms with van der Waals surface area (Å²) in [5.41, 5.74) is 0. The molecule has 0 spiro atoms. The topological polar surface area (TPSA) is 27.7 Å². The third-order valence-electron chi connectivity index (χ3n) is 2.43. The van der Waals surface area contributed by atoms with Gasteiger partial charge in [0, 0.05) is 6.61 Å². The van der Waals surface area contributed by atoms with Crippen LogP contribution in [0.4, 0.5) is 0 Å². The van der Waals surface area contributed by atoms with Crippen LogP contribution >= 0.6 is 0 Å². The summed E-state index contributed by atoms with van der Waals surface area (Å²) in [5, 5.41) is 0. The minimum absolute atomic E-state index is 0.667. The predicted molar refractivity (Wildman–Crippen MR) is 93.3 cm³/mol. The van der Waals surface area contributed by atoms with E-state index < -0.39 is 34.2 Å². The number of hydrogen-bond donors (Lipinski definition) is 0. The predicted octanol–water partition coefficient (Wildman–Crippen LogP) is 4.42. The maximum Gasteiger partial charge on any atom is 0.311 e. The van der Waals surface area contributed by atoms with E-state index >= 15 is 0 Å². The molecular formula is C12H33O3Si4. The zero-order chi connectivity index (χ0) is 15.3. The summed E-state index contributed by atoms with van der Waals surface area (Å²) in [4.78, 5) is 0. The molecule has 1 radical (unpaired) electrons. The second-order valence-corrected chi connectivity index (χ2v) is 22.1. The molecule has 0 bridgehead atoms. The molecule has 0 fully saturated rings. The van der Waals surface area contributed by atoms with Crippen molar-refractivity contribution in [1.29, 1.82) is 0 Å². The van der Waals surface area contributed by atoms with Crippen LogP contribution < -0.4 is 0 Å². The molecule has 0 aromatic carbocycles. The van der Waals surface area contributed by atoms with Crippen molar-refractivity contribution in [3.63, 3.8) is 0 Å². The van der Waals surface area contributed by atoms with Crippen molar-refractivity contribution >= 4 is 34.2 Å². The van der Waals surface area contributed by atoms with Gasteiger partial charge < -0.3 is 12.7 Å². The van der Waals surface area contributed by atoms with Crippen molar-refractivity contribution in [2.75, 3.05) is 6.61 Å². The van der Waals surface area contributed by atoms with Gasteiger partial charge in [-0.1, -0.05) is 0 Å². The van der Waals surface area contributed by atoms with Crippen LogP contribution in [0.5, 0.6) is 0 Å². The quantitative estimate of drug-likeness (QED) is 0.460. The standard InChI is InChI=1S/C12H33O3Si4/c1-16(2)14-19(8,9)15-18(6,7)12-10-11-13-17(3,4)5/h10-12H2,1-9H3. The summed E-state index contributed by atoms with van der Waals surface area (Å²) in [7, 11) is -5.56. The van der Waals surface area contributed by atoms with Crippen molar-refractivity contribution in [1.82, 2.24) is 0 Å². The summed E-state index contributed by atoms with van der Waals surface area (Å²) in [6.45, 7) is 20.9. The van der Waals surface area contributed by atoms with Crippen LogP contribution in [0.3, 0.4) is 0 Å². The molecule has 0 heterocycles. The third-order valence-corrected chi connectivity index (χ3v) is 12.8. The van der Waals surface area contributed by atoms with Crippen molar-refractivity contribution in [2.24, 2.45) is 0 Å². The lowest BCUT2D eigenvalue weighted by Gasteiger charge is -2.34. The number of hydrogen-bond acceptors (Lipinski definition) is 3. The second kappa shape index (κ2) is 7.67. The molecule has 0 atom stereocenters. The van der Waals surface area contributed by atoms with Gasteiger partial charge in [-0.25, -0.2) is 0 Å². The van der Waals surface area contributed by atoms with E-state index in [1.807, 2.05) is 0 Å². The molecule has 3 nitrogen and oxygen atoms in total. The van der Waals surface area contributed by atoms with Crippen LogP contribution in [0.15, 0.2) is 0 Å². The third kappa shape index (κ3) is 12.2. The summed E-state index contributed by atoms with van der Waals surface area (Å²) in [6.07, 6.45) is 1.12. The first-order valence-corrected chi connectivity index (χ1v) is 18.9. The van der Waals surface area contributed by atoms with Gasteiger partial charge in [0.1, 0.15) is 0 Å². The Morgan fingerprint density at radius 3 is 1.84 bits per heavy atom. The first-order valence-electron chi connectivity index (χ1n) is 7.16. The van der Waals surface area contributed by atoms with E-state index in [9.17, 15) is 0 Å². The van der Waals surface area contributed by atoms with Gasteiger partial charge in [0.25, 0.3) is 0 Å². The van der Waals surface area contributed by atoms with Crippen LogP contribution in [0.25, 0.3) is 0 Å². The van der Waals surface area contributed by atoms with Crippen LogP contribution in [0.2, 0.25) is 65.0 Å². The van der Waals surface area contributed by atoms with Crippen LogP contribution in [0.1, 0.15) is 6.42 Å². The Labute approximate surface area is 125 Å². The monoisotopic (exact) mass is 337 g/mol. The average molecular weight is 338 g/mol. The molecule has 0 unspecified atom stereocenters. The van der Waals surface area contributed by atoms with E-state index in [4.69, 9.17) is 12.7 Å². The minimum atomic E-state index is -1.92. The molecule has 0 N–H and O–H groups in total. The van der Waals surface area contributed by atoms with Crippen molar-refractivity contribution in [2.45, 2.75) is 71.4 Å². The molecule has 0 rings (SSSR count). The minimum Gasteiger partial charge on any atom is -0.437 e. The van der Waals surface area contributed by atoms with E-state index in [1.165, 1.54) is 0 Å². The fourth-order valence-electron chi connectivity index (χ4n) is 2.11. The largest absolute Gasteiger partial charge is 0.437 e. The Hall–Kier alpha value is 0.748. The Bertz CT molecular complexity index is 262.